The van der Waals surface area contributed by atoms with Crippen LogP contribution in [0.4, 0.5) is 0 Å². The first-order valence-corrected chi connectivity index (χ1v) is 17.0. The van der Waals surface area contributed by atoms with E-state index in [0.29, 0.717) is 11.0 Å². The maximum atomic E-state index is 11.7. The van der Waals surface area contributed by atoms with Gasteiger partial charge in [-0.1, -0.05) is 102 Å². The number of benzene rings is 1. The fourth-order valence-electron chi connectivity index (χ4n) is 4.20. The molecule has 5 nitrogen and oxygen atoms in total. The van der Waals surface area contributed by atoms with Gasteiger partial charge in [0.25, 0.3) is 30.4 Å². The van der Waals surface area contributed by atoms with Crippen LogP contribution in [0.1, 0.15) is 108 Å². The van der Waals surface area contributed by atoms with E-state index in [2.05, 4.69) is 46.9 Å². The molecule has 0 aliphatic carbocycles. The fourth-order valence-corrected chi connectivity index (χ4v) is 5.32. The van der Waals surface area contributed by atoms with Crippen LogP contribution in [-0.2, 0) is 20.0 Å². The molecule has 0 saturated carbocycles. The smallest absolute Gasteiger partial charge is 0.296 e. The average molecular weight is 639 g/mol. The summed E-state index contributed by atoms with van der Waals surface area (Å²) in [6, 6.07) is 9.00. The number of nitrogens with zero attached hydrogens (tertiary/aromatic N) is 1. The van der Waals surface area contributed by atoms with E-state index in [0.717, 1.165) is 19.3 Å². The van der Waals surface area contributed by atoms with Crippen molar-refractivity contribution in [2.45, 2.75) is 109 Å². The van der Waals surface area contributed by atoms with Gasteiger partial charge in [-0.2, -0.15) is 0 Å². The molecule has 1 aromatic carbocycles. The molecule has 0 amide bonds. The minimum Gasteiger partial charge on any atom is -0.756 e. The molecule has 0 saturated heterocycles. The molecule has 7 heteroatoms. The molecular formula is C29H54INO4P+. The molecule has 0 aliphatic rings. The van der Waals surface area contributed by atoms with Crippen LogP contribution in [0.3, 0.4) is 0 Å². The van der Waals surface area contributed by atoms with Crippen LogP contribution in [0.15, 0.2) is 24.3 Å². The Bertz CT molecular complexity index is 694. The summed E-state index contributed by atoms with van der Waals surface area (Å²) in [7, 11) is 1.85. The molecule has 36 heavy (non-hydrogen) atoms. The molecule has 0 spiro atoms. The van der Waals surface area contributed by atoms with E-state index in [1.54, 1.807) is 0 Å². The Hall–Kier alpha value is 0.0200. The van der Waals surface area contributed by atoms with E-state index in [1.165, 1.54) is 99.0 Å². The summed E-state index contributed by atoms with van der Waals surface area (Å²) >= 11 is 2.08. The summed E-state index contributed by atoms with van der Waals surface area (Å²) in [5.41, 5.74) is 1.48. The minimum atomic E-state index is -4.14. The Kier molecular flexibility index (Phi) is 19.8. The van der Waals surface area contributed by atoms with Crippen LogP contribution in [0.2, 0.25) is 0 Å². The fraction of sp³-hybridized carbons (Fsp3) is 0.793. The lowest BCUT2D eigenvalue weighted by atomic mass is 10.0. The van der Waals surface area contributed by atoms with Gasteiger partial charge in [0, 0.05) is 0 Å². The predicted octanol–water partition coefficient (Wildman–Crippen LogP) is 4.13. The lowest BCUT2D eigenvalue weighted by Gasteiger charge is -2.27. The zero-order valence-corrected chi connectivity index (χ0v) is 26.6. The van der Waals surface area contributed by atoms with Crippen LogP contribution in [0.5, 0.6) is 0 Å². The van der Waals surface area contributed by atoms with Crippen molar-refractivity contribution in [3.8, 4) is 0 Å². The number of halogens is 1. The van der Waals surface area contributed by atoms with Gasteiger partial charge in [-0.15, -0.1) is 0 Å². The van der Waals surface area contributed by atoms with Crippen molar-refractivity contribution >= 4 is 7.82 Å². The topological polar surface area (TPSA) is 58.6 Å². The number of likely N-dealkylation sites (N-methyl/N-ethyl adjacent to an activating group) is 1. The Morgan fingerprint density at radius 3 is 1.50 bits per heavy atom. The van der Waals surface area contributed by atoms with Gasteiger partial charge in [-0.3, -0.25) is 4.57 Å². The number of quaternary nitrogens is 1. The molecule has 0 radical (unpaired) electrons. The summed E-state index contributed by atoms with van der Waals surface area (Å²) < 4.78 is 23.6. The highest BCUT2D eigenvalue weighted by Gasteiger charge is 2.13. The lowest BCUT2D eigenvalue weighted by molar-refractivity contribution is -0.870. The van der Waals surface area contributed by atoms with Crippen LogP contribution < -0.4 is 27.5 Å². The van der Waals surface area contributed by atoms with Gasteiger partial charge in [0.05, 0.1) is 27.7 Å². The van der Waals surface area contributed by atoms with Crippen LogP contribution in [0, 0.1) is 3.57 Å². The predicted molar refractivity (Wildman–Crippen MR) is 147 cm³/mol. The molecule has 0 bridgehead atoms. The van der Waals surface area contributed by atoms with E-state index in [4.69, 9.17) is 9.05 Å². The van der Waals surface area contributed by atoms with Crippen molar-refractivity contribution in [1.29, 1.82) is 0 Å². The summed E-state index contributed by atoms with van der Waals surface area (Å²) in [5.74, 6) is 0. The molecular weight excluding hydrogens is 584 g/mol. The van der Waals surface area contributed by atoms with Crippen molar-refractivity contribution in [1.82, 2.24) is 0 Å². The van der Waals surface area contributed by atoms with E-state index in [1.807, 2.05) is 21.1 Å². The second-order valence-electron chi connectivity index (χ2n) is 11.2. The van der Waals surface area contributed by atoms with Gasteiger partial charge in [0.15, 0.2) is 3.57 Å². The largest absolute Gasteiger partial charge is 0.756 e. The first-order valence-electron chi connectivity index (χ1n) is 14.3. The summed E-state index contributed by atoms with van der Waals surface area (Å²) in [4.78, 5) is 11.7. The number of phosphoric acid groups is 1. The molecule has 1 rings (SSSR count). The van der Waals surface area contributed by atoms with E-state index in [9.17, 15) is 9.46 Å². The van der Waals surface area contributed by atoms with Gasteiger partial charge < -0.3 is 18.4 Å². The monoisotopic (exact) mass is 638 g/mol. The number of unbranched alkanes of at least 4 members (excludes halogenated alkanes) is 15. The number of rotatable bonds is 24. The highest BCUT2D eigenvalue weighted by Crippen LogP contribution is 2.38. The lowest BCUT2D eigenvalue weighted by Crippen LogP contribution is -3.34. The summed E-state index contributed by atoms with van der Waals surface area (Å²) in [5, 5.41) is 0. The van der Waals surface area contributed by atoms with E-state index in [-0.39, 0.29) is 13.2 Å². The standard InChI is InChI=1S/C29H54INO4P/c1-31(2,3)25-27-35-36(32,33)34-26-19-17-15-13-11-9-7-5-4-6-8-10-12-14-16-18-20-28-21-23-29(30)24-22-28/h21-24,30H,4-20,25-27H2,1-3H3/q+1. The molecule has 1 aromatic rings. The van der Waals surface area contributed by atoms with Gasteiger partial charge in [-0.05, 0) is 37.0 Å². The van der Waals surface area contributed by atoms with Crippen LogP contribution in [-0.4, -0.2) is 45.4 Å². The maximum absolute atomic E-state index is 11.7. The van der Waals surface area contributed by atoms with Gasteiger partial charge in [0.2, 0.25) is 0 Å². The molecule has 0 aliphatic heterocycles. The van der Waals surface area contributed by atoms with Gasteiger partial charge in [-0.25, -0.2) is 0 Å². The molecule has 1 atom stereocenters. The highest BCUT2D eigenvalue weighted by atomic mass is 127. The number of phosphoric ester groups is 1. The SMILES string of the molecule is C[N+](C)(C)CCOP(=O)([O-])OCCCCCCCCCCCCCCCCCCc1ccc([IH+])cc1. The molecule has 0 fully saturated rings. The summed E-state index contributed by atoms with van der Waals surface area (Å²) in [6.07, 6.45) is 21.8. The van der Waals surface area contributed by atoms with Crippen LogP contribution >= 0.6 is 7.82 Å². The first kappa shape index (κ1) is 34.0. The van der Waals surface area contributed by atoms with Gasteiger partial charge in [0.1, 0.15) is 13.2 Å². The Morgan fingerprint density at radius 1 is 0.667 bits per heavy atom. The number of hydrogen-bond acceptors (Lipinski definition) is 4. The van der Waals surface area contributed by atoms with E-state index < -0.39 is 7.82 Å². The van der Waals surface area contributed by atoms with Crippen molar-refractivity contribution in [3.63, 3.8) is 0 Å². The summed E-state index contributed by atoms with van der Waals surface area (Å²) in [6.45, 7) is 1.03. The van der Waals surface area contributed by atoms with Crippen LogP contribution in [0.25, 0.3) is 0 Å². The zero-order valence-electron chi connectivity index (χ0n) is 23.4. The molecule has 210 valence electrons. The van der Waals surface area contributed by atoms with Crippen molar-refractivity contribution in [2.24, 2.45) is 0 Å². The number of aryl methyl sites for hydroxylation is 1. The molecule has 0 aromatic heterocycles. The highest BCUT2D eigenvalue weighted by molar-refractivity contribution is 7.45. The third kappa shape index (κ3) is 22.0. The molecule has 0 heterocycles. The third-order valence-electron chi connectivity index (χ3n) is 6.54. The Labute approximate surface area is 236 Å². The third-order valence-corrected chi connectivity index (χ3v) is 8.32. The van der Waals surface area contributed by atoms with E-state index >= 15 is 0 Å². The van der Waals surface area contributed by atoms with Gasteiger partial charge >= 0.3 is 0 Å². The zero-order chi connectivity index (χ0) is 26.5. The average Bonchev–Trinajstić information content (AvgIpc) is 2.80. The quantitative estimate of drug-likeness (QED) is 0.0740. The Balaban J connectivity index is 1.76. The Morgan fingerprint density at radius 2 is 1.06 bits per heavy atom. The minimum absolute atomic E-state index is 0.166. The normalized spacial score (nSPS) is 13.7. The van der Waals surface area contributed by atoms with Crippen molar-refractivity contribution in [2.75, 3.05) is 40.9 Å². The van der Waals surface area contributed by atoms with Crippen molar-refractivity contribution < 1.29 is 45.6 Å². The van der Waals surface area contributed by atoms with Crippen molar-refractivity contribution in [3.05, 3.63) is 33.4 Å². The number of hydrogen-bond donors (Lipinski definition) is 0. The first-order chi connectivity index (χ1) is 17.2. The molecule has 1 unspecified atom stereocenters. The second kappa shape index (κ2) is 20.9. The molecule has 0 N–H and O–H groups in total. The maximum Gasteiger partial charge on any atom is 0.296 e. The second-order valence-corrected chi connectivity index (χ2v) is 13.9.